The maximum absolute atomic E-state index is 11.8. The smallest absolute Gasteiger partial charge is 0.273 e. The normalized spacial score (nSPS) is 19.3. The monoisotopic (exact) mass is 379 g/mol. The molecule has 3 heterocycles. The number of amides is 1. The molecule has 144 valence electrons. The van der Waals surface area contributed by atoms with E-state index >= 15 is 0 Å². The maximum atomic E-state index is 11.8. The highest BCUT2D eigenvalue weighted by Crippen LogP contribution is 2.23. The molecule has 0 aromatic carbocycles. The van der Waals surface area contributed by atoms with Gasteiger partial charge in [0, 0.05) is 23.7 Å². The zero-order valence-corrected chi connectivity index (χ0v) is 15.2. The van der Waals surface area contributed by atoms with Gasteiger partial charge in [0.05, 0.1) is 11.9 Å². The predicted octanol–water partition coefficient (Wildman–Crippen LogP) is 1.34. The van der Waals surface area contributed by atoms with E-state index in [1.54, 1.807) is 12.4 Å². The van der Waals surface area contributed by atoms with Crippen molar-refractivity contribution in [2.24, 2.45) is 11.5 Å². The van der Waals surface area contributed by atoms with Crippen LogP contribution in [0.3, 0.4) is 0 Å². The van der Waals surface area contributed by atoms with E-state index < -0.39 is 5.91 Å². The SMILES string of the molecule is NC(=O)c1nnc(N[C@@H]2CCCC[C@@H]2N)nc1Nc1cnc2ncccc2c1. The van der Waals surface area contributed by atoms with Gasteiger partial charge in [0.1, 0.15) is 0 Å². The van der Waals surface area contributed by atoms with Crippen LogP contribution >= 0.6 is 0 Å². The Morgan fingerprint density at radius 3 is 2.86 bits per heavy atom. The van der Waals surface area contributed by atoms with Crippen molar-refractivity contribution in [1.82, 2.24) is 25.1 Å². The summed E-state index contributed by atoms with van der Waals surface area (Å²) in [5.41, 5.74) is 12.8. The Bertz CT molecular complexity index is 1010. The maximum Gasteiger partial charge on any atom is 0.273 e. The quantitative estimate of drug-likeness (QED) is 0.513. The van der Waals surface area contributed by atoms with Crippen LogP contribution in [0.5, 0.6) is 0 Å². The first kappa shape index (κ1) is 18.0. The molecule has 0 unspecified atom stereocenters. The van der Waals surface area contributed by atoms with Crippen LogP contribution in [0.2, 0.25) is 0 Å². The number of primary amides is 1. The van der Waals surface area contributed by atoms with Crippen LogP contribution in [-0.4, -0.2) is 43.1 Å². The molecule has 3 aromatic rings. The highest BCUT2D eigenvalue weighted by atomic mass is 16.1. The standard InChI is InChI=1S/C18H21N9O/c19-12-5-1-2-6-13(12)24-18-25-17(14(15(20)28)26-27-18)23-11-8-10-4-3-7-21-16(10)22-9-11/h3-4,7-9,12-13H,1-2,5-6,19H2,(H2,20,28)(H2,23,24,25,27)/t12-,13+/m0/s1. The van der Waals surface area contributed by atoms with Crippen LogP contribution in [0.4, 0.5) is 17.5 Å². The summed E-state index contributed by atoms with van der Waals surface area (Å²) in [5.74, 6) is -0.219. The van der Waals surface area contributed by atoms with Crippen molar-refractivity contribution < 1.29 is 4.79 Å². The molecule has 0 bridgehead atoms. The third-order valence-corrected chi connectivity index (χ3v) is 4.77. The van der Waals surface area contributed by atoms with Gasteiger partial charge in [-0.3, -0.25) is 4.79 Å². The lowest BCUT2D eigenvalue weighted by Crippen LogP contribution is -2.43. The average Bonchev–Trinajstić information content (AvgIpc) is 2.70. The highest BCUT2D eigenvalue weighted by molar-refractivity contribution is 5.96. The molecule has 1 saturated carbocycles. The van der Waals surface area contributed by atoms with Crippen LogP contribution in [-0.2, 0) is 0 Å². The second kappa shape index (κ2) is 7.69. The molecule has 0 saturated heterocycles. The third-order valence-electron chi connectivity index (χ3n) is 4.77. The summed E-state index contributed by atoms with van der Waals surface area (Å²) in [6, 6.07) is 5.67. The van der Waals surface area contributed by atoms with Crippen molar-refractivity contribution in [3.05, 3.63) is 36.3 Å². The molecule has 10 nitrogen and oxygen atoms in total. The van der Waals surface area contributed by atoms with Gasteiger partial charge in [-0.05, 0) is 31.0 Å². The summed E-state index contributed by atoms with van der Waals surface area (Å²) < 4.78 is 0. The minimum absolute atomic E-state index is 0.0294. The van der Waals surface area contributed by atoms with E-state index in [0.29, 0.717) is 17.3 Å². The van der Waals surface area contributed by atoms with E-state index in [1.807, 2.05) is 18.2 Å². The molecule has 6 N–H and O–H groups in total. The van der Waals surface area contributed by atoms with Crippen LogP contribution in [0.15, 0.2) is 30.6 Å². The number of carbonyl (C=O) groups excluding carboxylic acids is 1. The van der Waals surface area contributed by atoms with Crippen molar-refractivity contribution in [2.45, 2.75) is 37.8 Å². The first-order valence-corrected chi connectivity index (χ1v) is 9.14. The van der Waals surface area contributed by atoms with E-state index in [9.17, 15) is 4.79 Å². The van der Waals surface area contributed by atoms with Gasteiger partial charge in [0.25, 0.3) is 5.91 Å². The van der Waals surface area contributed by atoms with Gasteiger partial charge in [-0.25, -0.2) is 9.97 Å². The number of nitrogens with two attached hydrogens (primary N) is 2. The Kier molecular flexibility index (Phi) is 4.94. The Morgan fingerprint density at radius 2 is 2.04 bits per heavy atom. The topological polar surface area (TPSA) is 158 Å². The summed E-state index contributed by atoms with van der Waals surface area (Å²) in [6.07, 6.45) is 7.39. The Balaban J connectivity index is 1.62. The number of carbonyl (C=O) groups is 1. The van der Waals surface area contributed by atoms with Crippen LogP contribution in [0.1, 0.15) is 36.2 Å². The van der Waals surface area contributed by atoms with Crippen molar-refractivity contribution in [1.29, 1.82) is 0 Å². The molecule has 4 rings (SSSR count). The number of anilines is 3. The average molecular weight is 379 g/mol. The largest absolute Gasteiger partial charge is 0.364 e. The lowest BCUT2D eigenvalue weighted by atomic mass is 9.91. The Morgan fingerprint density at radius 1 is 1.18 bits per heavy atom. The Labute approximate surface area is 161 Å². The van der Waals surface area contributed by atoms with Gasteiger partial charge in [0.15, 0.2) is 17.2 Å². The fraction of sp³-hybridized carbons (Fsp3) is 0.333. The number of fused-ring (bicyclic) bond motifs is 1. The molecule has 3 aromatic heterocycles. The lowest BCUT2D eigenvalue weighted by Gasteiger charge is -2.29. The molecule has 0 radical (unpaired) electrons. The van der Waals surface area contributed by atoms with Gasteiger partial charge in [0.2, 0.25) is 5.95 Å². The second-order valence-corrected chi connectivity index (χ2v) is 6.80. The molecule has 1 amide bonds. The number of pyridine rings is 2. The number of nitrogens with one attached hydrogen (secondary N) is 2. The zero-order chi connectivity index (χ0) is 19.5. The predicted molar refractivity (Wildman–Crippen MR) is 105 cm³/mol. The number of rotatable bonds is 5. The molecule has 1 fully saturated rings. The molecule has 0 spiro atoms. The number of hydrogen-bond donors (Lipinski definition) is 4. The molecular formula is C18H21N9O. The second-order valence-electron chi connectivity index (χ2n) is 6.80. The fourth-order valence-electron chi connectivity index (χ4n) is 3.32. The number of nitrogens with zero attached hydrogens (tertiary/aromatic N) is 5. The van der Waals surface area contributed by atoms with E-state index in [0.717, 1.165) is 31.1 Å². The molecule has 0 aliphatic heterocycles. The van der Waals surface area contributed by atoms with Gasteiger partial charge >= 0.3 is 0 Å². The highest BCUT2D eigenvalue weighted by Gasteiger charge is 2.23. The lowest BCUT2D eigenvalue weighted by molar-refractivity contribution is 0.0995. The summed E-state index contributed by atoms with van der Waals surface area (Å²) in [5, 5.41) is 15.1. The molecule has 10 heteroatoms. The first-order chi connectivity index (χ1) is 13.6. The van der Waals surface area contributed by atoms with Crippen molar-refractivity contribution in [3.63, 3.8) is 0 Å². The van der Waals surface area contributed by atoms with Crippen molar-refractivity contribution in [2.75, 3.05) is 10.6 Å². The van der Waals surface area contributed by atoms with Crippen molar-refractivity contribution in [3.8, 4) is 0 Å². The fourth-order valence-corrected chi connectivity index (χ4v) is 3.32. The van der Waals surface area contributed by atoms with Gasteiger partial charge in [-0.1, -0.05) is 12.8 Å². The van der Waals surface area contributed by atoms with Gasteiger partial charge < -0.3 is 22.1 Å². The van der Waals surface area contributed by atoms with Crippen molar-refractivity contribution >= 4 is 34.4 Å². The van der Waals surface area contributed by atoms with E-state index in [4.69, 9.17) is 11.5 Å². The summed E-state index contributed by atoms with van der Waals surface area (Å²) in [4.78, 5) is 24.6. The minimum atomic E-state index is -0.723. The molecule has 1 aliphatic carbocycles. The molecule has 2 atom stereocenters. The van der Waals surface area contributed by atoms with Crippen LogP contribution in [0, 0.1) is 0 Å². The molecule has 1 aliphatic rings. The van der Waals surface area contributed by atoms with Crippen LogP contribution in [0.25, 0.3) is 11.0 Å². The van der Waals surface area contributed by atoms with E-state index in [2.05, 4.69) is 35.8 Å². The van der Waals surface area contributed by atoms with E-state index in [1.165, 1.54) is 0 Å². The summed E-state index contributed by atoms with van der Waals surface area (Å²) in [7, 11) is 0. The zero-order valence-electron chi connectivity index (χ0n) is 15.2. The molecule has 28 heavy (non-hydrogen) atoms. The number of hydrogen-bond acceptors (Lipinski definition) is 9. The van der Waals surface area contributed by atoms with Gasteiger partial charge in [-0.15, -0.1) is 10.2 Å². The van der Waals surface area contributed by atoms with Crippen LogP contribution < -0.4 is 22.1 Å². The first-order valence-electron chi connectivity index (χ1n) is 9.14. The summed E-state index contributed by atoms with van der Waals surface area (Å²) in [6.45, 7) is 0. The molecular weight excluding hydrogens is 358 g/mol. The van der Waals surface area contributed by atoms with E-state index in [-0.39, 0.29) is 23.6 Å². The summed E-state index contributed by atoms with van der Waals surface area (Å²) >= 11 is 0. The minimum Gasteiger partial charge on any atom is -0.364 e. The number of aromatic nitrogens is 5. The Hall–Kier alpha value is -3.40. The van der Waals surface area contributed by atoms with Gasteiger partial charge in [-0.2, -0.15) is 4.98 Å². The third kappa shape index (κ3) is 3.81.